The molecule has 6 nitrogen and oxygen atoms in total. The van der Waals surface area contributed by atoms with E-state index in [-0.39, 0.29) is 0 Å². The minimum Gasteiger partial charge on any atom is -0.465 e. The lowest BCUT2D eigenvalue weighted by atomic mass is 9.72. The van der Waals surface area contributed by atoms with Gasteiger partial charge in [-0.2, -0.15) is 0 Å². The van der Waals surface area contributed by atoms with E-state index in [4.69, 9.17) is 10.8 Å². The maximum absolute atomic E-state index is 11.1. The average Bonchev–Trinajstić information content (AvgIpc) is 2.68. The Morgan fingerprint density at radius 1 is 1.00 bits per heavy atom. The summed E-state index contributed by atoms with van der Waals surface area (Å²) in [6.07, 6.45) is 1.67. The lowest BCUT2D eigenvalue weighted by Gasteiger charge is -2.42. The van der Waals surface area contributed by atoms with Crippen molar-refractivity contribution < 1.29 is 9.90 Å². The highest BCUT2D eigenvalue weighted by atomic mass is 16.4. The second-order valence-corrected chi connectivity index (χ2v) is 7.07. The molecule has 1 amide bonds. The minimum absolute atomic E-state index is 0.463. The van der Waals surface area contributed by atoms with Crippen LogP contribution in [0.4, 0.5) is 22.0 Å². The van der Waals surface area contributed by atoms with Gasteiger partial charge in [0.2, 0.25) is 0 Å². The maximum Gasteiger partial charge on any atom is 0.405 e. The molecule has 0 atom stereocenters. The Hall–Kier alpha value is -3.54. The first-order chi connectivity index (χ1) is 13.6. The number of anilines is 3. The van der Waals surface area contributed by atoms with E-state index >= 15 is 0 Å². The third-order valence-electron chi connectivity index (χ3n) is 5.25. The summed E-state index contributed by atoms with van der Waals surface area (Å²) in [5.41, 5.74) is 9.88. The van der Waals surface area contributed by atoms with Crippen molar-refractivity contribution in [1.82, 2.24) is 10.3 Å². The molecule has 6 heteroatoms. The van der Waals surface area contributed by atoms with E-state index in [0.717, 1.165) is 41.8 Å². The van der Waals surface area contributed by atoms with Crippen LogP contribution in [0.15, 0.2) is 66.7 Å². The zero-order valence-electron chi connectivity index (χ0n) is 15.4. The number of rotatable bonds is 5. The molecule has 0 saturated heterocycles. The Morgan fingerprint density at radius 2 is 1.71 bits per heavy atom. The second-order valence-electron chi connectivity index (χ2n) is 7.07. The van der Waals surface area contributed by atoms with Gasteiger partial charge in [0.05, 0.1) is 16.9 Å². The molecule has 1 fully saturated rings. The third-order valence-corrected chi connectivity index (χ3v) is 5.25. The molecular weight excluding hydrogens is 352 g/mol. The van der Waals surface area contributed by atoms with Crippen LogP contribution >= 0.6 is 0 Å². The number of nitrogens with one attached hydrogen (secondary N) is 2. The van der Waals surface area contributed by atoms with E-state index in [9.17, 15) is 4.79 Å². The number of benzene rings is 2. The largest absolute Gasteiger partial charge is 0.465 e. The lowest BCUT2D eigenvalue weighted by Crippen LogP contribution is -2.50. The molecule has 1 saturated carbocycles. The third kappa shape index (κ3) is 3.49. The van der Waals surface area contributed by atoms with Gasteiger partial charge in [-0.05, 0) is 49.1 Å². The van der Waals surface area contributed by atoms with Gasteiger partial charge in [0, 0.05) is 11.3 Å². The fraction of sp³-hybridized carbons (Fsp3) is 0.182. The monoisotopic (exact) mass is 374 g/mol. The van der Waals surface area contributed by atoms with Crippen LogP contribution in [-0.2, 0) is 5.54 Å². The van der Waals surface area contributed by atoms with E-state index in [1.54, 1.807) is 0 Å². The molecule has 142 valence electrons. The zero-order chi connectivity index (χ0) is 19.6. The fourth-order valence-corrected chi connectivity index (χ4v) is 3.57. The molecule has 0 aliphatic heterocycles. The van der Waals surface area contributed by atoms with Crippen LogP contribution in [0.25, 0.3) is 11.3 Å². The van der Waals surface area contributed by atoms with Gasteiger partial charge in [-0.15, -0.1) is 0 Å². The lowest BCUT2D eigenvalue weighted by molar-refractivity contribution is 0.144. The standard InChI is InChI=1S/C22H22N4O2/c23-18-11-12-19(15-5-2-1-3-6-15)25-20(18)24-17-9-7-16(8-10-17)22(13-4-14-22)26-21(27)28/h1-3,5-12,26H,4,13-14,23H2,(H,24,25)(H,27,28). The SMILES string of the molecule is Nc1ccc(-c2ccccc2)nc1Nc1ccc(C2(NC(=O)O)CCC2)cc1. The molecule has 0 radical (unpaired) electrons. The van der Waals surface area contributed by atoms with Crippen molar-refractivity contribution in [2.24, 2.45) is 0 Å². The van der Waals surface area contributed by atoms with Crippen molar-refractivity contribution in [1.29, 1.82) is 0 Å². The number of carboxylic acid groups (broad SMARTS) is 1. The number of carbonyl (C=O) groups is 1. The van der Waals surface area contributed by atoms with Gasteiger partial charge in [-0.25, -0.2) is 9.78 Å². The molecule has 1 aromatic heterocycles. The van der Waals surface area contributed by atoms with Crippen molar-refractivity contribution in [3.63, 3.8) is 0 Å². The van der Waals surface area contributed by atoms with Gasteiger partial charge in [0.15, 0.2) is 5.82 Å². The number of hydrogen-bond acceptors (Lipinski definition) is 4. The molecular formula is C22H22N4O2. The summed E-state index contributed by atoms with van der Waals surface area (Å²) in [6, 6.07) is 21.4. The van der Waals surface area contributed by atoms with Crippen molar-refractivity contribution in [2.45, 2.75) is 24.8 Å². The number of pyridine rings is 1. The number of nitrogen functional groups attached to an aromatic ring is 1. The van der Waals surface area contributed by atoms with Crippen molar-refractivity contribution >= 4 is 23.3 Å². The van der Waals surface area contributed by atoms with Gasteiger partial charge in [0.25, 0.3) is 0 Å². The first-order valence-electron chi connectivity index (χ1n) is 9.26. The highest BCUT2D eigenvalue weighted by molar-refractivity contribution is 5.73. The summed E-state index contributed by atoms with van der Waals surface area (Å²) in [6.45, 7) is 0. The van der Waals surface area contributed by atoms with Crippen LogP contribution in [0.3, 0.4) is 0 Å². The number of amides is 1. The molecule has 1 aliphatic rings. The smallest absolute Gasteiger partial charge is 0.405 e. The average molecular weight is 374 g/mol. The number of aromatic nitrogens is 1. The van der Waals surface area contributed by atoms with Crippen molar-refractivity contribution in [3.05, 3.63) is 72.3 Å². The van der Waals surface area contributed by atoms with Gasteiger partial charge >= 0.3 is 6.09 Å². The molecule has 0 spiro atoms. The van der Waals surface area contributed by atoms with Crippen molar-refractivity contribution in [2.75, 3.05) is 11.1 Å². The molecule has 2 aromatic carbocycles. The van der Waals surface area contributed by atoms with Crippen LogP contribution in [0.5, 0.6) is 0 Å². The quantitative estimate of drug-likeness (QED) is 0.518. The normalized spacial score (nSPS) is 14.7. The van der Waals surface area contributed by atoms with Gasteiger partial charge < -0.3 is 21.5 Å². The predicted molar refractivity (Wildman–Crippen MR) is 110 cm³/mol. The molecule has 1 aliphatic carbocycles. The van der Waals surface area contributed by atoms with E-state index in [1.165, 1.54) is 0 Å². The Balaban J connectivity index is 1.56. The summed E-state index contributed by atoms with van der Waals surface area (Å²) in [5, 5.41) is 15.1. The molecule has 0 unspecified atom stereocenters. The number of nitrogens with zero attached hydrogens (tertiary/aromatic N) is 1. The Morgan fingerprint density at radius 3 is 2.32 bits per heavy atom. The highest BCUT2D eigenvalue weighted by Gasteiger charge is 2.40. The Kier molecular flexibility index (Phi) is 4.61. The van der Waals surface area contributed by atoms with Crippen LogP contribution in [0.1, 0.15) is 24.8 Å². The molecule has 3 aromatic rings. The van der Waals surface area contributed by atoms with Crippen LogP contribution in [0, 0.1) is 0 Å². The van der Waals surface area contributed by atoms with E-state index in [1.807, 2.05) is 66.7 Å². The van der Waals surface area contributed by atoms with Crippen LogP contribution < -0.4 is 16.4 Å². The van der Waals surface area contributed by atoms with Gasteiger partial charge in [-0.1, -0.05) is 42.5 Å². The van der Waals surface area contributed by atoms with Gasteiger partial charge in [0.1, 0.15) is 0 Å². The molecule has 28 heavy (non-hydrogen) atoms. The van der Waals surface area contributed by atoms with E-state index in [2.05, 4.69) is 15.6 Å². The number of nitrogens with two attached hydrogens (primary N) is 1. The minimum atomic E-state index is -0.989. The molecule has 1 heterocycles. The first kappa shape index (κ1) is 17.9. The highest BCUT2D eigenvalue weighted by Crippen LogP contribution is 2.41. The maximum atomic E-state index is 11.1. The summed E-state index contributed by atoms with van der Waals surface area (Å²) < 4.78 is 0. The predicted octanol–water partition coefficient (Wildman–Crippen LogP) is 4.72. The second kappa shape index (κ2) is 7.23. The fourth-order valence-electron chi connectivity index (χ4n) is 3.57. The van der Waals surface area contributed by atoms with Gasteiger partial charge in [-0.3, -0.25) is 0 Å². The zero-order valence-corrected chi connectivity index (χ0v) is 15.4. The number of hydrogen-bond donors (Lipinski definition) is 4. The molecule has 5 N–H and O–H groups in total. The Labute approximate surface area is 163 Å². The molecule has 4 rings (SSSR count). The van der Waals surface area contributed by atoms with E-state index in [0.29, 0.717) is 11.5 Å². The first-order valence-corrected chi connectivity index (χ1v) is 9.26. The summed E-state index contributed by atoms with van der Waals surface area (Å²) in [4.78, 5) is 15.8. The Bertz CT molecular complexity index is 983. The summed E-state index contributed by atoms with van der Waals surface area (Å²) in [5.74, 6) is 0.594. The van der Waals surface area contributed by atoms with Crippen LogP contribution in [-0.4, -0.2) is 16.2 Å². The molecule has 0 bridgehead atoms. The van der Waals surface area contributed by atoms with Crippen LogP contribution in [0.2, 0.25) is 0 Å². The van der Waals surface area contributed by atoms with Crippen molar-refractivity contribution in [3.8, 4) is 11.3 Å². The summed E-state index contributed by atoms with van der Waals surface area (Å²) in [7, 11) is 0. The topological polar surface area (TPSA) is 100 Å². The summed E-state index contributed by atoms with van der Waals surface area (Å²) >= 11 is 0. The van der Waals surface area contributed by atoms with E-state index < -0.39 is 11.6 Å².